The summed E-state index contributed by atoms with van der Waals surface area (Å²) in [5.74, 6) is -0.0828. The molecule has 3 rings (SSSR count). The molecule has 1 fully saturated rings. The number of carbonyl (C=O) groups is 1. The highest BCUT2D eigenvalue weighted by atomic mass is 16.5. The van der Waals surface area contributed by atoms with Crippen molar-refractivity contribution in [1.82, 2.24) is 9.97 Å². The highest BCUT2D eigenvalue weighted by Crippen LogP contribution is 2.31. The van der Waals surface area contributed by atoms with Gasteiger partial charge in [-0.3, -0.25) is 0 Å². The van der Waals surface area contributed by atoms with Gasteiger partial charge in [-0.25, -0.2) is 14.8 Å². The summed E-state index contributed by atoms with van der Waals surface area (Å²) in [7, 11) is 0. The van der Waals surface area contributed by atoms with Crippen LogP contribution in [0.15, 0.2) is 10.7 Å². The highest BCUT2D eigenvalue weighted by molar-refractivity contribution is 6.07. The van der Waals surface area contributed by atoms with Crippen LogP contribution < -0.4 is 4.90 Å². The molecule has 100 valence electrons. The van der Waals surface area contributed by atoms with E-state index < -0.39 is 5.97 Å². The standard InChI is InChI=1S/C12H13N3O4/c1-7-8(12(16)17)9-10(13-6-14-11(9)19-7)15-2-4-18-5-3-15/h6H,2-5H2,1H3,(H,16,17). The minimum atomic E-state index is -1.03. The van der Waals surface area contributed by atoms with Crippen molar-refractivity contribution in [3.8, 4) is 0 Å². The van der Waals surface area contributed by atoms with Crippen LogP contribution in [0.4, 0.5) is 5.82 Å². The summed E-state index contributed by atoms with van der Waals surface area (Å²) in [6.07, 6.45) is 1.39. The van der Waals surface area contributed by atoms with Gasteiger partial charge in [0.1, 0.15) is 23.5 Å². The number of fused-ring (bicyclic) bond motifs is 1. The second-order valence-electron chi connectivity index (χ2n) is 4.32. The fraction of sp³-hybridized carbons (Fsp3) is 0.417. The van der Waals surface area contributed by atoms with E-state index in [4.69, 9.17) is 9.15 Å². The van der Waals surface area contributed by atoms with Gasteiger partial charge in [0.05, 0.1) is 18.6 Å². The fourth-order valence-corrected chi connectivity index (χ4v) is 2.30. The lowest BCUT2D eigenvalue weighted by atomic mass is 10.1. The molecule has 1 aliphatic rings. The molecule has 0 saturated carbocycles. The van der Waals surface area contributed by atoms with E-state index in [9.17, 15) is 9.90 Å². The van der Waals surface area contributed by atoms with Gasteiger partial charge in [-0.15, -0.1) is 0 Å². The van der Waals surface area contributed by atoms with Crippen LogP contribution in [0.5, 0.6) is 0 Å². The first-order chi connectivity index (χ1) is 9.18. The van der Waals surface area contributed by atoms with Gasteiger partial charge in [-0.2, -0.15) is 0 Å². The van der Waals surface area contributed by atoms with Gasteiger partial charge in [-0.05, 0) is 6.92 Å². The lowest BCUT2D eigenvalue weighted by molar-refractivity contribution is 0.0697. The number of aryl methyl sites for hydroxylation is 1. The second kappa shape index (κ2) is 4.51. The van der Waals surface area contributed by atoms with Crippen molar-refractivity contribution >= 4 is 22.9 Å². The quantitative estimate of drug-likeness (QED) is 0.866. The maximum atomic E-state index is 11.4. The third-order valence-electron chi connectivity index (χ3n) is 3.17. The summed E-state index contributed by atoms with van der Waals surface area (Å²) in [5, 5.41) is 9.78. The van der Waals surface area contributed by atoms with E-state index in [1.54, 1.807) is 6.92 Å². The van der Waals surface area contributed by atoms with Gasteiger partial charge >= 0.3 is 5.97 Å². The molecule has 7 heteroatoms. The van der Waals surface area contributed by atoms with E-state index in [2.05, 4.69) is 9.97 Å². The minimum Gasteiger partial charge on any atom is -0.478 e. The fourth-order valence-electron chi connectivity index (χ4n) is 2.30. The number of carboxylic acid groups (broad SMARTS) is 1. The molecule has 1 N–H and O–H groups in total. The van der Waals surface area contributed by atoms with Crippen LogP contribution in [0.3, 0.4) is 0 Å². The zero-order valence-electron chi connectivity index (χ0n) is 10.4. The van der Waals surface area contributed by atoms with Gasteiger partial charge in [0, 0.05) is 13.1 Å². The predicted molar refractivity (Wildman–Crippen MR) is 66.5 cm³/mol. The molecule has 0 aromatic carbocycles. The molecule has 7 nitrogen and oxygen atoms in total. The number of hydrogen-bond acceptors (Lipinski definition) is 6. The molecule has 0 atom stereocenters. The number of aromatic nitrogens is 2. The lowest BCUT2D eigenvalue weighted by Gasteiger charge is -2.28. The third-order valence-corrected chi connectivity index (χ3v) is 3.17. The van der Waals surface area contributed by atoms with Crippen molar-refractivity contribution in [3.63, 3.8) is 0 Å². The Morgan fingerprint density at radius 1 is 1.37 bits per heavy atom. The van der Waals surface area contributed by atoms with Crippen molar-refractivity contribution in [2.45, 2.75) is 6.92 Å². The number of morpholine rings is 1. The highest BCUT2D eigenvalue weighted by Gasteiger charge is 2.25. The Kier molecular flexibility index (Phi) is 2.83. The summed E-state index contributed by atoms with van der Waals surface area (Å²) in [6, 6.07) is 0. The van der Waals surface area contributed by atoms with E-state index in [1.807, 2.05) is 4.90 Å². The van der Waals surface area contributed by atoms with Gasteiger partial charge < -0.3 is 19.2 Å². The Balaban J connectivity index is 2.20. The number of hydrogen-bond donors (Lipinski definition) is 1. The van der Waals surface area contributed by atoms with E-state index in [1.165, 1.54) is 6.33 Å². The lowest BCUT2D eigenvalue weighted by Crippen LogP contribution is -2.37. The predicted octanol–water partition coefficient (Wildman–Crippen LogP) is 1.07. The van der Waals surface area contributed by atoms with E-state index in [0.717, 1.165) is 0 Å². The zero-order valence-corrected chi connectivity index (χ0v) is 10.4. The van der Waals surface area contributed by atoms with Crippen LogP contribution in [0.2, 0.25) is 0 Å². The van der Waals surface area contributed by atoms with Gasteiger partial charge in [0.15, 0.2) is 0 Å². The molecule has 19 heavy (non-hydrogen) atoms. The average Bonchev–Trinajstić information content (AvgIpc) is 2.75. The van der Waals surface area contributed by atoms with E-state index in [0.29, 0.717) is 49.0 Å². The second-order valence-corrected chi connectivity index (χ2v) is 4.32. The molecule has 1 aliphatic heterocycles. The smallest absolute Gasteiger partial charge is 0.340 e. The Hall–Kier alpha value is -2.15. The molecule has 2 aromatic rings. The third kappa shape index (κ3) is 1.91. The molecular formula is C12H13N3O4. The number of ether oxygens (including phenoxy) is 1. The largest absolute Gasteiger partial charge is 0.478 e. The number of rotatable bonds is 2. The van der Waals surface area contributed by atoms with Crippen LogP contribution in [0, 0.1) is 6.92 Å². The van der Waals surface area contributed by atoms with Crippen LogP contribution in [-0.4, -0.2) is 47.3 Å². The zero-order chi connectivity index (χ0) is 13.4. The van der Waals surface area contributed by atoms with E-state index in [-0.39, 0.29) is 5.56 Å². The Labute approximate surface area is 108 Å². The maximum absolute atomic E-state index is 11.4. The van der Waals surface area contributed by atoms with Crippen molar-refractivity contribution < 1.29 is 19.1 Å². The number of anilines is 1. The summed E-state index contributed by atoms with van der Waals surface area (Å²) in [5.41, 5.74) is 0.448. The first-order valence-electron chi connectivity index (χ1n) is 5.98. The number of nitrogens with zero attached hydrogens (tertiary/aromatic N) is 3. The monoisotopic (exact) mass is 263 g/mol. The number of furan rings is 1. The summed E-state index contributed by atoms with van der Waals surface area (Å²) < 4.78 is 10.7. The van der Waals surface area contributed by atoms with Crippen LogP contribution in [0.1, 0.15) is 16.1 Å². The molecule has 0 amide bonds. The van der Waals surface area contributed by atoms with Gasteiger partial charge in [0.2, 0.25) is 5.71 Å². The molecule has 0 unspecified atom stereocenters. The first-order valence-corrected chi connectivity index (χ1v) is 5.98. The normalized spacial score (nSPS) is 15.9. The average molecular weight is 263 g/mol. The van der Waals surface area contributed by atoms with Crippen molar-refractivity contribution in [1.29, 1.82) is 0 Å². The van der Waals surface area contributed by atoms with Crippen LogP contribution >= 0.6 is 0 Å². The Morgan fingerprint density at radius 2 is 2.11 bits per heavy atom. The van der Waals surface area contributed by atoms with Gasteiger partial charge in [0.25, 0.3) is 0 Å². The Bertz CT molecular complexity index is 631. The topological polar surface area (TPSA) is 88.7 Å². The number of aromatic carboxylic acids is 1. The molecular weight excluding hydrogens is 250 g/mol. The van der Waals surface area contributed by atoms with Crippen LogP contribution in [0.25, 0.3) is 11.1 Å². The summed E-state index contributed by atoms with van der Waals surface area (Å²) >= 11 is 0. The Morgan fingerprint density at radius 3 is 2.79 bits per heavy atom. The molecule has 1 saturated heterocycles. The molecule has 0 spiro atoms. The van der Waals surface area contributed by atoms with Gasteiger partial charge in [-0.1, -0.05) is 0 Å². The summed E-state index contributed by atoms with van der Waals surface area (Å²) in [4.78, 5) is 21.6. The maximum Gasteiger partial charge on any atom is 0.340 e. The molecule has 2 aromatic heterocycles. The van der Waals surface area contributed by atoms with Crippen LogP contribution in [-0.2, 0) is 4.74 Å². The first kappa shape index (κ1) is 11.9. The molecule has 3 heterocycles. The van der Waals surface area contributed by atoms with E-state index >= 15 is 0 Å². The van der Waals surface area contributed by atoms with Crippen molar-refractivity contribution in [2.24, 2.45) is 0 Å². The molecule has 0 bridgehead atoms. The van der Waals surface area contributed by atoms with Crippen molar-refractivity contribution in [2.75, 3.05) is 31.2 Å². The SMILES string of the molecule is Cc1oc2ncnc(N3CCOCC3)c2c1C(=O)O. The molecule has 0 aliphatic carbocycles. The van der Waals surface area contributed by atoms with Crippen molar-refractivity contribution in [3.05, 3.63) is 17.7 Å². The summed E-state index contributed by atoms with van der Waals surface area (Å²) in [6.45, 7) is 4.18. The molecule has 0 radical (unpaired) electrons. The number of carboxylic acids is 1. The minimum absolute atomic E-state index is 0.136.